The van der Waals surface area contributed by atoms with E-state index in [1.54, 1.807) is 0 Å². The minimum atomic E-state index is -0.0911. The summed E-state index contributed by atoms with van der Waals surface area (Å²) in [5.74, 6) is 0.0981. The highest BCUT2D eigenvalue weighted by atomic mass is 16.1. The molecule has 0 saturated heterocycles. The number of carbonyl (C=O) groups excluding carboxylic acids is 1. The van der Waals surface area contributed by atoms with Gasteiger partial charge in [0, 0.05) is 12.1 Å². The Hall–Kier alpha value is -1.82. The molecule has 3 heteroatoms. The fraction of sp³-hybridized carbons (Fsp3) is 0.429. The van der Waals surface area contributed by atoms with Crippen LogP contribution in [0.1, 0.15) is 30.4 Å². The third-order valence-corrected chi connectivity index (χ3v) is 3.70. The summed E-state index contributed by atoms with van der Waals surface area (Å²) in [6, 6.07) is 8.56. The number of rotatable bonds is 2. The van der Waals surface area contributed by atoms with E-state index in [4.69, 9.17) is 5.26 Å². The average molecular weight is 226 g/mol. The van der Waals surface area contributed by atoms with Gasteiger partial charge in [-0.2, -0.15) is 5.26 Å². The molecule has 1 aliphatic heterocycles. The summed E-state index contributed by atoms with van der Waals surface area (Å²) in [6.45, 7) is 0. The van der Waals surface area contributed by atoms with Crippen molar-refractivity contribution in [3.63, 3.8) is 0 Å². The maximum atomic E-state index is 11.2. The number of benzene rings is 1. The lowest BCUT2D eigenvalue weighted by atomic mass is 9.94. The van der Waals surface area contributed by atoms with Crippen LogP contribution in [0.25, 0.3) is 0 Å². The summed E-state index contributed by atoms with van der Waals surface area (Å²) in [4.78, 5) is 11.2. The number of aryl methyl sites for hydroxylation is 1. The van der Waals surface area contributed by atoms with Gasteiger partial charge in [-0.25, -0.2) is 0 Å². The molecule has 2 aliphatic rings. The molecule has 3 rings (SSSR count). The zero-order chi connectivity index (χ0) is 11.9. The predicted molar refractivity (Wildman–Crippen MR) is 64.4 cm³/mol. The molecule has 1 aromatic carbocycles. The van der Waals surface area contributed by atoms with Crippen LogP contribution < -0.4 is 5.32 Å². The number of nitrogens with zero attached hydrogens (tertiary/aromatic N) is 1. The van der Waals surface area contributed by atoms with Crippen LogP contribution in [0.5, 0.6) is 0 Å². The molecule has 0 aromatic heterocycles. The first-order chi connectivity index (χ1) is 8.21. The van der Waals surface area contributed by atoms with Crippen molar-refractivity contribution in [1.82, 2.24) is 0 Å². The molecule has 1 aromatic rings. The van der Waals surface area contributed by atoms with Gasteiger partial charge < -0.3 is 5.32 Å². The Morgan fingerprint density at radius 1 is 1.35 bits per heavy atom. The van der Waals surface area contributed by atoms with Crippen molar-refractivity contribution in [3.8, 4) is 6.07 Å². The van der Waals surface area contributed by atoms with Gasteiger partial charge in [0.1, 0.15) is 0 Å². The molecular formula is C14H14N2O. The minimum absolute atomic E-state index is 0.0911. The Kier molecular flexibility index (Phi) is 2.19. The first kappa shape index (κ1) is 10.3. The van der Waals surface area contributed by atoms with E-state index in [0.29, 0.717) is 6.42 Å². The third kappa shape index (κ3) is 1.91. The van der Waals surface area contributed by atoms with Crippen molar-refractivity contribution in [3.05, 3.63) is 29.3 Å². The van der Waals surface area contributed by atoms with Gasteiger partial charge in [0.15, 0.2) is 0 Å². The average Bonchev–Trinajstić information content (AvgIpc) is 3.10. The van der Waals surface area contributed by atoms with Crippen molar-refractivity contribution >= 4 is 11.6 Å². The zero-order valence-electron chi connectivity index (χ0n) is 9.62. The van der Waals surface area contributed by atoms with E-state index in [1.807, 2.05) is 12.1 Å². The Morgan fingerprint density at radius 3 is 2.88 bits per heavy atom. The SMILES string of the molecule is N#CC1(Cc2ccc3c(c2)CCC(=O)N3)CC1. The number of hydrogen-bond acceptors (Lipinski definition) is 2. The van der Waals surface area contributed by atoms with Crippen molar-refractivity contribution in [2.45, 2.75) is 32.1 Å². The van der Waals surface area contributed by atoms with Crippen LogP contribution in [0.4, 0.5) is 5.69 Å². The molecule has 0 unspecified atom stereocenters. The molecule has 1 saturated carbocycles. The molecule has 1 N–H and O–H groups in total. The maximum Gasteiger partial charge on any atom is 0.224 e. The molecule has 0 atom stereocenters. The van der Waals surface area contributed by atoms with Crippen LogP contribution in [-0.4, -0.2) is 5.91 Å². The lowest BCUT2D eigenvalue weighted by molar-refractivity contribution is -0.116. The number of anilines is 1. The lowest BCUT2D eigenvalue weighted by Gasteiger charge is -2.18. The Bertz CT molecular complexity index is 524. The molecule has 1 aliphatic carbocycles. The molecule has 1 heterocycles. The number of carbonyl (C=O) groups is 1. The van der Waals surface area contributed by atoms with Crippen LogP contribution in [0.2, 0.25) is 0 Å². The Labute approximate surface area is 100 Å². The monoisotopic (exact) mass is 226 g/mol. The third-order valence-electron chi connectivity index (χ3n) is 3.70. The Balaban J connectivity index is 1.84. The first-order valence-electron chi connectivity index (χ1n) is 6.04. The van der Waals surface area contributed by atoms with Crippen LogP contribution in [0, 0.1) is 16.7 Å². The summed E-state index contributed by atoms with van der Waals surface area (Å²) < 4.78 is 0. The van der Waals surface area contributed by atoms with E-state index in [0.717, 1.165) is 31.4 Å². The first-order valence-corrected chi connectivity index (χ1v) is 6.04. The number of amides is 1. The highest BCUT2D eigenvalue weighted by Gasteiger charge is 2.43. The van der Waals surface area contributed by atoms with Gasteiger partial charge in [0.05, 0.1) is 11.5 Å². The minimum Gasteiger partial charge on any atom is -0.326 e. The van der Waals surface area contributed by atoms with Crippen LogP contribution in [0.3, 0.4) is 0 Å². The number of nitrogens with one attached hydrogen (secondary N) is 1. The molecular weight excluding hydrogens is 212 g/mol. The highest BCUT2D eigenvalue weighted by molar-refractivity contribution is 5.93. The van der Waals surface area contributed by atoms with E-state index < -0.39 is 0 Å². The smallest absolute Gasteiger partial charge is 0.224 e. The fourth-order valence-corrected chi connectivity index (χ4v) is 2.42. The summed E-state index contributed by atoms with van der Waals surface area (Å²) in [7, 11) is 0. The van der Waals surface area contributed by atoms with Crippen LogP contribution in [0.15, 0.2) is 18.2 Å². The van der Waals surface area contributed by atoms with E-state index in [2.05, 4.69) is 17.5 Å². The molecule has 17 heavy (non-hydrogen) atoms. The van der Waals surface area contributed by atoms with Crippen molar-refractivity contribution in [2.75, 3.05) is 5.32 Å². The van der Waals surface area contributed by atoms with Gasteiger partial charge in [-0.3, -0.25) is 4.79 Å². The second-order valence-electron chi connectivity index (χ2n) is 5.11. The van der Waals surface area contributed by atoms with Gasteiger partial charge >= 0.3 is 0 Å². The van der Waals surface area contributed by atoms with E-state index in [9.17, 15) is 4.79 Å². The predicted octanol–water partition coefficient (Wildman–Crippen LogP) is 2.42. The van der Waals surface area contributed by atoms with Crippen molar-refractivity contribution < 1.29 is 4.79 Å². The highest BCUT2D eigenvalue weighted by Crippen LogP contribution is 2.47. The van der Waals surface area contributed by atoms with Gasteiger partial charge in [0.2, 0.25) is 5.91 Å². The summed E-state index contributed by atoms with van der Waals surface area (Å²) in [5, 5.41) is 12.0. The van der Waals surface area contributed by atoms with Gasteiger partial charge in [-0.05, 0) is 42.9 Å². The van der Waals surface area contributed by atoms with Gasteiger partial charge in [0.25, 0.3) is 0 Å². The summed E-state index contributed by atoms with van der Waals surface area (Å²) in [6.07, 6.45) is 4.29. The van der Waals surface area contributed by atoms with Gasteiger partial charge in [-0.1, -0.05) is 12.1 Å². The van der Waals surface area contributed by atoms with E-state index >= 15 is 0 Å². The maximum absolute atomic E-state index is 11.2. The largest absolute Gasteiger partial charge is 0.326 e. The second-order valence-corrected chi connectivity index (χ2v) is 5.11. The second kappa shape index (κ2) is 3.59. The van der Waals surface area contributed by atoms with Crippen LogP contribution in [-0.2, 0) is 17.6 Å². The summed E-state index contributed by atoms with van der Waals surface area (Å²) >= 11 is 0. The summed E-state index contributed by atoms with van der Waals surface area (Å²) in [5.41, 5.74) is 3.27. The topological polar surface area (TPSA) is 52.9 Å². The van der Waals surface area contributed by atoms with Crippen LogP contribution >= 0.6 is 0 Å². The number of fused-ring (bicyclic) bond motifs is 1. The van der Waals surface area contributed by atoms with Crippen molar-refractivity contribution in [1.29, 1.82) is 5.26 Å². The van der Waals surface area contributed by atoms with Crippen molar-refractivity contribution in [2.24, 2.45) is 5.41 Å². The molecule has 0 bridgehead atoms. The van der Waals surface area contributed by atoms with E-state index in [-0.39, 0.29) is 11.3 Å². The molecule has 86 valence electrons. The molecule has 3 nitrogen and oxygen atoms in total. The number of nitriles is 1. The fourth-order valence-electron chi connectivity index (χ4n) is 2.42. The van der Waals surface area contributed by atoms with Gasteiger partial charge in [-0.15, -0.1) is 0 Å². The zero-order valence-corrected chi connectivity index (χ0v) is 9.62. The standard InChI is InChI=1S/C14H14N2O/c15-9-14(5-6-14)8-10-1-3-12-11(7-10)2-4-13(17)16-12/h1,3,7H,2,4-6,8H2,(H,16,17). The molecule has 1 amide bonds. The normalized spacial score (nSPS) is 20.1. The lowest BCUT2D eigenvalue weighted by Crippen LogP contribution is -2.19. The molecule has 1 fully saturated rings. The molecule has 0 spiro atoms. The van der Waals surface area contributed by atoms with E-state index in [1.165, 1.54) is 11.1 Å². The molecule has 0 radical (unpaired) electrons. The Morgan fingerprint density at radius 2 is 2.18 bits per heavy atom. The number of hydrogen-bond donors (Lipinski definition) is 1. The quantitative estimate of drug-likeness (QED) is 0.842.